The lowest BCUT2D eigenvalue weighted by Gasteiger charge is -2.33. The molecule has 1 aliphatic rings. The average Bonchev–Trinajstić information content (AvgIpc) is 2.53. The predicted molar refractivity (Wildman–Crippen MR) is 87.8 cm³/mol. The van der Waals surface area contributed by atoms with E-state index in [-0.39, 0.29) is 16.3 Å². The average molecular weight is 375 g/mol. The number of ether oxygens (including phenoxy) is 1. The van der Waals surface area contributed by atoms with Crippen LogP contribution in [0.3, 0.4) is 0 Å². The molecular formula is C15H21NO6S2. The van der Waals surface area contributed by atoms with Crippen LogP contribution in [0.5, 0.6) is 0 Å². The van der Waals surface area contributed by atoms with Gasteiger partial charge in [-0.15, -0.1) is 0 Å². The zero-order valence-electron chi connectivity index (χ0n) is 13.9. The molecule has 24 heavy (non-hydrogen) atoms. The van der Waals surface area contributed by atoms with Crippen LogP contribution in [0.2, 0.25) is 0 Å². The molecule has 1 aromatic carbocycles. The SMILES string of the molecule is COC(=O)[C@H]1CCCCN1S(=O)(=O)c1cc(S(C)(=O)=O)ccc1C. The van der Waals surface area contributed by atoms with E-state index in [1.165, 1.54) is 19.2 Å². The Morgan fingerprint density at radius 1 is 1.21 bits per heavy atom. The fourth-order valence-electron chi connectivity index (χ4n) is 2.78. The van der Waals surface area contributed by atoms with E-state index in [4.69, 9.17) is 4.74 Å². The highest BCUT2D eigenvalue weighted by Crippen LogP contribution is 2.29. The second-order valence-corrected chi connectivity index (χ2v) is 9.72. The summed E-state index contributed by atoms with van der Waals surface area (Å²) < 4.78 is 55.4. The Labute approximate surface area is 142 Å². The van der Waals surface area contributed by atoms with Crippen molar-refractivity contribution in [1.29, 1.82) is 0 Å². The van der Waals surface area contributed by atoms with Gasteiger partial charge in [0, 0.05) is 12.8 Å². The van der Waals surface area contributed by atoms with Crippen LogP contribution in [0.15, 0.2) is 28.0 Å². The summed E-state index contributed by atoms with van der Waals surface area (Å²) in [5, 5.41) is 0. The van der Waals surface area contributed by atoms with Crippen LogP contribution in [-0.4, -0.2) is 53.1 Å². The number of hydrogen-bond acceptors (Lipinski definition) is 6. The number of benzene rings is 1. The van der Waals surface area contributed by atoms with Crippen molar-refractivity contribution in [2.24, 2.45) is 0 Å². The third-order valence-electron chi connectivity index (χ3n) is 4.10. The highest BCUT2D eigenvalue weighted by molar-refractivity contribution is 7.91. The first-order chi connectivity index (χ1) is 11.1. The van der Waals surface area contributed by atoms with Crippen LogP contribution in [0.1, 0.15) is 24.8 Å². The van der Waals surface area contributed by atoms with E-state index in [0.29, 0.717) is 18.4 Å². The number of sulfone groups is 1. The van der Waals surface area contributed by atoms with Gasteiger partial charge < -0.3 is 4.74 Å². The molecule has 1 fully saturated rings. The summed E-state index contributed by atoms with van der Waals surface area (Å²) in [6, 6.07) is 3.11. The van der Waals surface area contributed by atoms with Crippen molar-refractivity contribution in [1.82, 2.24) is 4.31 Å². The maximum atomic E-state index is 13.0. The van der Waals surface area contributed by atoms with Gasteiger partial charge in [-0.25, -0.2) is 16.8 Å². The summed E-state index contributed by atoms with van der Waals surface area (Å²) in [5.74, 6) is -0.602. The Balaban J connectivity index is 2.55. The largest absolute Gasteiger partial charge is 0.468 e. The molecule has 0 aliphatic carbocycles. The van der Waals surface area contributed by atoms with Crippen molar-refractivity contribution in [3.05, 3.63) is 23.8 Å². The molecule has 2 rings (SSSR count). The normalized spacial score (nSPS) is 19.9. The molecule has 0 amide bonds. The molecule has 1 heterocycles. The topological polar surface area (TPSA) is 97.8 Å². The maximum absolute atomic E-state index is 13.0. The number of sulfonamides is 1. The lowest BCUT2D eigenvalue weighted by molar-refractivity contribution is -0.146. The Morgan fingerprint density at radius 3 is 2.46 bits per heavy atom. The van der Waals surface area contributed by atoms with Crippen molar-refractivity contribution >= 4 is 25.8 Å². The number of methoxy groups -OCH3 is 1. The van der Waals surface area contributed by atoms with Gasteiger partial charge in [0.25, 0.3) is 0 Å². The van der Waals surface area contributed by atoms with E-state index < -0.39 is 31.9 Å². The van der Waals surface area contributed by atoms with E-state index in [1.54, 1.807) is 6.92 Å². The number of nitrogens with zero attached hydrogens (tertiary/aromatic N) is 1. The Kier molecular flexibility index (Phi) is 5.36. The summed E-state index contributed by atoms with van der Waals surface area (Å²) in [6.45, 7) is 1.79. The number of piperidine rings is 1. The number of carbonyl (C=O) groups excluding carboxylic acids is 1. The molecule has 0 saturated carbocycles. The fourth-order valence-corrected chi connectivity index (χ4v) is 5.40. The zero-order chi connectivity index (χ0) is 18.1. The van der Waals surface area contributed by atoms with E-state index in [2.05, 4.69) is 0 Å². The summed E-state index contributed by atoms with van der Waals surface area (Å²) in [5.41, 5.74) is 0.427. The number of aryl methyl sites for hydroxylation is 1. The molecule has 1 saturated heterocycles. The Hall–Kier alpha value is -1.45. The minimum atomic E-state index is -4.01. The summed E-state index contributed by atoms with van der Waals surface area (Å²) in [6.07, 6.45) is 2.77. The smallest absolute Gasteiger partial charge is 0.324 e. The minimum absolute atomic E-state index is 0.0710. The molecule has 0 bridgehead atoms. The molecule has 1 aliphatic heterocycles. The van der Waals surface area contributed by atoms with E-state index >= 15 is 0 Å². The first kappa shape index (κ1) is 18.9. The van der Waals surface area contributed by atoms with Crippen LogP contribution in [0.25, 0.3) is 0 Å². The van der Waals surface area contributed by atoms with Gasteiger partial charge in [-0.3, -0.25) is 4.79 Å². The van der Waals surface area contributed by atoms with Crippen LogP contribution >= 0.6 is 0 Å². The quantitative estimate of drug-likeness (QED) is 0.732. The van der Waals surface area contributed by atoms with Gasteiger partial charge in [-0.05, 0) is 43.9 Å². The van der Waals surface area contributed by atoms with Crippen LogP contribution < -0.4 is 0 Å². The van der Waals surface area contributed by atoms with Crippen LogP contribution in [-0.2, 0) is 29.4 Å². The van der Waals surface area contributed by atoms with Crippen molar-refractivity contribution < 1.29 is 26.4 Å². The zero-order valence-corrected chi connectivity index (χ0v) is 15.5. The molecule has 0 spiro atoms. The maximum Gasteiger partial charge on any atom is 0.324 e. The second-order valence-electron chi connectivity index (χ2n) is 5.85. The van der Waals surface area contributed by atoms with Gasteiger partial charge in [0.05, 0.1) is 16.9 Å². The van der Waals surface area contributed by atoms with Crippen molar-refractivity contribution in [3.63, 3.8) is 0 Å². The van der Waals surface area contributed by atoms with Crippen molar-refractivity contribution in [2.75, 3.05) is 19.9 Å². The highest BCUT2D eigenvalue weighted by atomic mass is 32.2. The standard InChI is InChI=1S/C15H21NO6S2/c1-11-7-8-12(23(3,18)19)10-14(11)24(20,21)16-9-5-4-6-13(16)15(17)22-2/h7-8,10,13H,4-6,9H2,1-3H3/t13-/m1/s1. The fraction of sp³-hybridized carbons (Fsp3) is 0.533. The molecule has 1 aromatic rings. The molecule has 0 aromatic heterocycles. The predicted octanol–water partition coefficient (Wildman–Crippen LogP) is 1.11. The minimum Gasteiger partial charge on any atom is -0.468 e. The summed E-state index contributed by atoms with van der Waals surface area (Å²) in [7, 11) is -6.33. The summed E-state index contributed by atoms with van der Waals surface area (Å²) in [4.78, 5) is 11.8. The third-order valence-corrected chi connectivity index (χ3v) is 7.26. The van der Waals surface area contributed by atoms with Crippen LogP contribution in [0, 0.1) is 6.92 Å². The third kappa shape index (κ3) is 3.62. The molecular weight excluding hydrogens is 354 g/mol. The number of esters is 1. The van der Waals surface area contributed by atoms with E-state index in [1.807, 2.05) is 0 Å². The Bertz CT molecular complexity index is 845. The molecule has 0 unspecified atom stereocenters. The first-order valence-corrected chi connectivity index (χ1v) is 10.8. The summed E-state index contributed by atoms with van der Waals surface area (Å²) >= 11 is 0. The number of carbonyl (C=O) groups is 1. The van der Waals surface area contributed by atoms with E-state index in [9.17, 15) is 21.6 Å². The molecule has 7 nitrogen and oxygen atoms in total. The van der Waals surface area contributed by atoms with Gasteiger partial charge in [0.15, 0.2) is 9.84 Å². The molecule has 134 valence electrons. The van der Waals surface area contributed by atoms with Gasteiger partial charge in [0.2, 0.25) is 10.0 Å². The van der Waals surface area contributed by atoms with Gasteiger partial charge >= 0.3 is 5.97 Å². The van der Waals surface area contributed by atoms with Crippen molar-refractivity contribution in [2.45, 2.75) is 42.0 Å². The molecule has 1 atom stereocenters. The van der Waals surface area contributed by atoms with Crippen LogP contribution in [0.4, 0.5) is 0 Å². The van der Waals surface area contributed by atoms with E-state index in [0.717, 1.165) is 23.0 Å². The van der Waals surface area contributed by atoms with Gasteiger partial charge in [0.1, 0.15) is 6.04 Å². The Morgan fingerprint density at radius 2 is 1.88 bits per heavy atom. The lowest BCUT2D eigenvalue weighted by Crippen LogP contribution is -2.48. The van der Waals surface area contributed by atoms with Gasteiger partial charge in [-0.1, -0.05) is 6.07 Å². The molecule has 9 heteroatoms. The first-order valence-electron chi connectivity index (χ1n) is 7.49. The number of hydrogen-bond donors (Lipinski definition) is 0. The van der Waals surface area contributed by atoms with Gasteiger partial charge in [-0.2, -0.15) is 4.31 Å². The monoisotopic (exact) mass is 375 g/mol. The highest BCUT2D eigenvalue weighted by Gasteiger charge is 2.39. The number of rotatable bonds is 4. The molecule has 0 N–H and O–H groups in total. The lowest BCUT2D eigenvalue weighted by atomic mass is 10.1. The van der Waals surface area contributed by atoms with Crippen molar-refractivity contribution in [3.8, 4) is 0 Å². The second kappa shape index (κ2) is 6.81. The molecule has 0 radical (unpaired) electrons.